The molecule has 0 aromatic heterocycles. The lowest BCUT2D eigenvalue weighted by Gasteiger charge is -2.47. The number of β-amino-alcohol motifs (C(OH)–C–C–N with tert-alkyl or cyclic N) is 1. The molecule has 78 valence electrons. The highest BCUT2D eigenvalue weighted by molar-refractivity contribution is 4.95. The quantitative estimate of drug-likeness (QED) is 0.707. The monoisotopic (exact) mass is 185 g/mol. The van der Waals surface area contributed by atoms with E-state index in [1.807, 2.05) is 0 Å². The van der Waals surface area contributed by atoms with Crippen LogP contribution in [0.25, 0.3) is 0 Å². The fraction of sp³-hybridized carbons (Fsp3) is 1.00. The van der Waals surface area contributed by atoms with Gasteiger partial charge in [0.15, 0.2) is 0 Å². The van der Waals surface area contributed by atoms with Gasteiger partial charge in [0.25, 0.3) is 0 Å². The Hall–Kier alpha value is -0.0800. The number of likely N-dealkylation sites (tertiary alicyclic amines) is 1. The first-order valence-corrected chi connectivity index (χ1v) is 5.54. The Labute approximate surface area is 81.9 Å². The first-order chi connectivity index (χ1) is 6.09. The zero-order valence-corrected chi connectivity index (χ0v) is 9.21. The van der Waals surface area contributed by atoms with E-state index < -0.39 is 0 Å². The Kier molecular flexibility index (Phi) is 3.74. The minimum atomic E-state index is -0.345. The second-order valence-electron chi connectivity index (χ2n) is 4.66. The summed E-state index contributed by atoms with van der Waals surface area (Å²) in [4.78, 5) is 2.36. The van der Waals surface area contributed by atoms with Crippen molar-refractivity contribution in [2.45, 2.75) is 45.6 Å². The lowest BCUT2D eigenvalue weighted by Crippen LogP contribution is -2.62. The minimum Gasteiger partial charge on any atom is -0.387 e. The molecular weight excluding hydrogens is 162 g/mol. The van der Waals surface area contributed by atoms with E-state index in [1.165, 1.54) is 6.42 Å². The Morgan fingerprint density at radius 2 is 2.00 bits per heavy atom. The van der Waals surface area contributed by atoms with Gasteiger partial charge < -0.3 is 5.11 Å². The zero-order valence-electron chi connectivity index (χ0n) is 9.21. The van der Waals surface area contributed by atoms with E-state index >= 15 is 0 Å². The van der Waals surface area contributed by atoms with Gasteiger partial charge in [0.05, 0.1) is 5.60 Å². The molecule has 1 aliphatic heterocycles. The molecule has 2 nitrogen and oxygen atoms in total. The maximum Gasteiger partial charge on any atom is 0.0900 e. The third kappa shape index (κ3) is 2.96. The van der Waals surface area contributed by atoms with Gasteiger partial charge in [0.2, 0.25) is 0 Å². The average molecular weight is 185 g/mol. The summed E-state index contributed by atoms with van der Waals surface area (Å²) in [5.74, 6) is 0.770. The van der Waals surface area contributed by atoms with Gasteiger partial charge in [0, 0.05) is 19.6 Å². The molecule has 0 aromatic carbocycles. The Morgan fingerprint density at radius 3 is 2.46 bits per heavy atom. The molecule has 1 N–H and O–H groups in total. The Bertz CT molecular complexity index is 152. The van der Waals surface area contributed by atoms with Crippen molar-refractivity contribution >= 4 is 0 Å². The SMILES string of the molecule is CCCC1(O)CN(CC(C)CC)C1. The van der Waals surface area contributed by atoms with E-state index in [0.717, 1.165) is 38.4 Å². The second kappa shape index (κ2) is 4.43. The van der Waals surface area contributed by atoms with Gasteiger partial charge in [-0.3, -0.25) is 4.90 Å². The molecule has 1 heterocycles. The molecule has 0 aliphatic carbocycles. The minimum absolute atomic E-state index is 0.345. The highest BCUT2D eigenvalue weighted by Gasteiger charge is 2.39. The van der Waals surface area contributed by atoms with Gasteiger partial charge in [-0.2, -0.15) is 0 Å². The standard InChI is InChI=1S/C11H23NO/c1-4-6-11(13)8-12(9-11)7-10(3)5-2/h10,13H,4-9H2,1-3H3. The van der Waals surface area contributed by atoms with Crippen LogP contribution in [-0.4, -0.2) is 35.2 Å². The third-order valence-electron chi connectivity index (χ3n) is 3.02. The van der Waals surface area contributed by atoms with E-state index in [2.05, 4.69) is 25.7 Å². The largest absolute Gasteiger partial charge is 0.387 e. The van der Waals surface area contributed by atoms with Gasteiger partial charge >= 0.3 is 0 Å². The molecule has 1 fully saturated rings. The Morgan fingerprint density at radius 1 is 1.38 bits per heavy atom. The summed E-state index contributed by atoms with van der Waals surface area (Å²) in [7, 11) is 0. The average Bonchev–Trinajstić information content (AvgIpc) is 2.02. The fourth-order valence-corrected chi connectivity index (χ4v) is 2.11. The van der Waals surface area contributed by atoms with Crippen molar-refractivity contribution in [3.63, 3.8) is 0 Å². The van der Waals surface area contributed by atoms with Gasteiger partial charge in [-0.1, -0.05) is 33.6 Å². The highest BCUT2D eigenvalue weighted by Crippen LogP contribution is 2.26. The van der Waals surface area contributed by atoms with E-state index in [-0.39, 0.29) is 5.60 Å². The van der Waals surface area contributed by atoms with Crippen LogP contribution in [0.1, 0.15) is 40.0 Å². The first-order valence-electron chi connectivity index (χ1n) is 5.54. The van der Waals surface area contributed by atoms with Crippen molar-refractivity contribution < 1.29 is 5.11 Å². The predicted molar refractivity (Wildman–Crippen MR) is 55.8 cm³/mol. The van der Waals surface area contributed by atoms with Crippen molar-refractivity contribution in [3.8, 4) is 0 Å². The van der Waals surface area contributed by atoms with Crippen LogP contribution in [0.4, 0.5) is 0 Å². The molecule has 0 aromatic rings. The summed E-state index contributed by atoms with van der Waals surface area (Å²) in [6.45, 7) is 9.58. The third-order valence-corrected chi connectivity index (χ3v) is 3.02. The predicted octanol–water partition coefficient (Wildman–Crippen LogP) is 1.88. The second-order valence-corrected chi connectivity index (χ2v) is 4.66. The number of hydrogen-bond acceptors (Lipinski definition) is 2. The Balaban J connectivity index is 2.17. The summed E-state index contributed by atoms with van der Waals surface area (Å²) >= 11 is 0. The molecule has 2 heteroatoms. The normalized spacial score (nSPS) is 24.0. The van der Waals surface area contributed by atoms with E-state index in [4.69, 9.17) is 0 Å². The van der Waals surface area contributed by atoms with Crippen molar-refractivity contribution in [1.82, 2.24) is 4.90 Å². The van der Waals surface area contributed by atoms with Crippen LogP contribution in [0.15, 0.2) is 0 Å². The lowest BCUT2D eigenvalue weighted by molar-refractivity contribution is -0.107. The number of hydrogen-bond donors (Lipinski definition) is 1. The van der Waals surface area contributed by atoms with Gasteiger partial charge in [-0.25, -0.2) is 0 Å². The fourth-order valence-electron chi connectivity index (χ4n) is 2.11. The summed E-state index contributed by atoms with van der Waals surface area (Å²) in [5.41, 5.74) is -0.345. The molecule has 13 heavy (non-hydrogen) atoms. The summed E-state index contributed by atoms with van der Waals surface area (Å²) in [5, 5.41) is 9.92. The van der Waals surface area contributed by atoms with Crippen LogP contribution in [0.2, 0.25) is 0 Å². The zero-order chi connectivity index (χ0) is 9.90. The number of rotatable bonds is 5. The molecule has 1 aliphatic rings. The maximum absolute atomic E-state index is 9.92. The van der Waals surface area contributed by atoms with Gasteiger partial charge in [0.1, 0.15) is 0 Å². The molecule has 1 saturated heterocycles. The molecule has 0 spiro atoms. The van der Waals surface area contributed by atoms with Crippen LogP contribution >= 0.6 is 0 Å². The molecule has 0 saturated carbocycles. The van der Waals surface area contributed by atoms with Gasteiger partial charge in [-0.15, -0.1) is 0 Å². The first kappa shape index (κ1) is 11.0. The van der Waals surface area contributed by atoms with Gasteiger partial charge in [-0.05, 0) is 12.3 Å². The molecule has 0 radical (unpaired) electrons. The maximum atomic E-state index is 9.92. The summed E-state index contributed by atoms with van der Waals surface area (Å²) in [6.07, 6.45) is 3.29. The molecular formula is C11H23NO. The van der Waals surface area contributed by atoms with Crippen LogP contribution in [-0.2, 0) is 0 Å². The van der Waals surface area contributed by atoms with E-state index in [0.29, 0.717) is 0 Å². The van der Waals surface area contributed by atoms with Crippen LogP contribution in [0.3, 0.4) is 0 Å². The van der Waals surface area contributed by atoms with E-state index in [9.17, 15) is 5.11 Å². The molecule has 1 atom stereocenters. The highest BCUT2D eigenvalue weighted by atomic mass is 16.3. The molecule has 0 amide bonds. The van der Waals surface area contributed by atoms with Crippen LogP contribution < -0.4 is 0 Å². The summed E-state index contributed by atoms with van der Waals surface area (Å²) in [6, 6.07) is 0. The summed E-state index contributed by atoms with van der Waals surface area (Å²) < 4.78 is 0. The molecule has 1 rings (SSSR count). The van der Waals surface area contributed by atoms with Crippen molar-refractivity contribution in [3.05, 3.63) is 0 Å². The van der Waals surface area contributed by atoms with Crippen molar-refractivity contribution in [1.29, 1.82) is 0 Å². The number of aliphatic hydroxyl groups is 1. The topological polar surface area (TPSA) is 23.5 Å². The number of nitrogens with zero attached hydrogens (tertiary/aromatic N) is 1. The lowest BCUT2D eigenvalue weighted by atomic mass is 9.88. The molecule has 0 bridgehead atoms. The smallest absolute Gasteiger partial charge is 0.0900 e. The van der Waals surface area contributed by atoms with Crippen molar-refractivity contribution in [2.24, 2.45) is 5.92 Å². The van der Waals surface area contributed by atoms with Crippen LogP contribution in [0, 0.1) is 5.92 Å². The van der Waals surface area contributed by atoms with E-state index in [1.54, 1.807) is 0 Å². The molecule has 1 unspecified atom stereocenters. The van der Waals surface area contributed by atoms with Crippen molar-refractivity contribution in [2.75, 3.05) is 19.6 Å². The van der Waals surface area contributed by atoms with Crippen LogP contribution in [0.5, 0.6) is 0 Å².